The molecule has 0 saturated heterocycles. The predicted octanol–water partition coefficient (Wildman–Crippen LogP) is 1.91. The number of methoxy groups -OCH3 is 1. The summed E-state index contributed by atoms with van der Waals surface area (Å²) in [5.41, 5.74) is -0.370. The van der Waals surface area contributed by atoms with E-state index in [1.807, 2.05) is 20.8 Å². The van der Waals surface area contributed by atoms with Crippen molar-refractivity contribution >= 4 is 16.1 Å². The van der Waals surface area contributed by atoms with E-state index in [0.717, 1.165) is 7.11 Å². The lowest BCUT2D eigenvalue weighted by Gasteiger charge is -2.21. The Hall–Kier alpha value is -1.76. The van der Waals surface area contributed by atoms with Crippen LogP contribution in [0.4, 0.5) is 4.79 Å². The summed E-state index contributed by atoms with van der Waals surface area (Å²) in [6.07, 6.45) is -1.03. The molecule has 1 amide bonds. The van der Waals surface area contributed by atoms with Gasteiger partial charge in [0.25, 0.3) is 10.0 Å². The van der Waals surface area contributed by atoms with Gasteiger partial charge < -0.3 is 9.47 Å². The molecule has 0 atom stereocenters. The molecule has 1 rings (SSSR count). The number of hydrogen-bond donors (Lipinski definition) is 1. The van der Waals surface area contributed by atoms with Crippen LogP contribution >= 0.6 is 0 Å². The van der Waals surface area contributed by atoms with Gasteiger partial charge in [-0.2, -0.15) is 0 Å². The lowest BCUT2D eigenvalue weighted by molar-refractivity contribution is 0.131. The van der Waals surface area contributed by atoms with Crippen molar-refractivity contribution in [3.63, 3.8) is 0 Å². The third kappa shape index (κ3) is 4.78. The second kappa shape index (κ2) is 5.48. The predicted molar refractivity (Wildman–Crippen MR) is 69.5 cm³/mol. The molecule has 0 bridgehead atoms. The highest BCUT2D eigenvalue weighted by Crippen LogP contribution is 2.20. The van der Waals surface area contributed by atoms with Gasteiger partial charge in [-0.15, -0.1) is 0 Å². The van der Waals surface area contributed by atoms with Crippen molar-refractivity contribution in [2.24, 2.45) is 0 Å². The summed E-state index contributed by atoms with van der Waals surface area (Å²) >= 11 is 0. The first-order chi connectivity index (χ1) is 8.64. The van der Waals surface area contributed by atoms with Crippen molar-refractivity contribution in [3.8, 4) is 5.75 Å². The molecule has 0 unspecified atom stereocenters. The molecule has 1 aromatic rings. The summed E-state index contributed by atoms with van der Waals surface area (Å²) in [6, 6.07) is 5.76. The minimum absolute atomic E-state index is 0.0424. The second-order valence-corrected chi connectivity index (χ2v) is 6.47. The zero-order valence-corrected chi connectivity index (χ0v) is 12.1. The van der Waals surface area contributed by atoms with Gasteiger partial charge in [0.1, 0.15) is 11.4 Å². The largest absolute Gasteiger partial charge is 0.488 e. The molecular formula is C12H17NO5S. The number of benzene rings is 1. The van der Waals surface area contributed by atoms with Crippen molar-refractivity contribution in [2.75, 3.05) is 7.11 Å². The Morgan fingerprint density at radius 2 is 1.68 bits per heavy atom. The molecule has 0 saturated carbocycles. The first-order valence-electron chi connectivity index (χ1n) is 5.54. The molecular weight excluding hydrogens is 270 g/mol. The molecule has 6 nitrogen and oxygen atoms in total. The van der Waals surface area contributed by atoms with E-state index in [1.165, 1.54) is 24.3 Å². The summed E-state index contributed by atoms with van der Waals surface area (Å²) in [5.74, 6) is 0.546. The molecule has 7 heteroatoms. The van der Waals surface area contributed by atoms with Crippen LogP contribution in [0.1, 0.15) is 20.8 Å². The normalized spacial score (nSPS) is 11.8. The Labute approximate surface area is 112 Å². The lowest BCUT2D eigenvalue weighted by Crippen LogP contribution is -2.30. The molecule has 0 aliphatic rings. The van der Waals surface area contributed by atoms with Crippen LogP contribution < -0.4 is 9.46 Å². The van der Waals surface area contributed by atoms with Crippen LogP contribution in [0.25, 0.3) is 0 Å². The number of sulfonamides is 1. The smallest absolute Gasteiger partial charge is 0.420 e. The third-order valence-corrected chi connectivity index (χ3v) is 3.29. The van der Waals surface area contributed by atoms with E-state index in [2.05, 4.69) is 4.74 Å². The maximum absolute atomic E-state index is 11.7. The lowest BCUT2D eigenvalue weighted by atomic mass is 10.2. The molecule has 0 radical (unpaired) electrons. The zero-order valence-electron chi connectivity index (χ0n) is 11.3. The number of carbonyl (C=O) groups excluding carboxylic acids is 1. The Morgan fingerprint density at radius 1 is 1.16 bits per heavy atom. The molecule has 0 fully saturated rings. The van der Waals surface area contributed by atoms with Crippen molar-refractivity contribution < 1.29 is 22.7 Å². The van der Waals surface area contributed by atoms with E-state index in [4.69, 9.17) is 4.74 Å². The number of ether oxygens (including phenoxy) is 2. The standard InChI is InChI=1S/C12H17NO5S/c1-12(2,3)18-9-5-7-10(8-6-9)19(15,16)13-11(14)17-4/h5-8H,1-4H3,(H,13,14). The highest BCUT2D eigenvalue weighted by molar-refractivity contribution is 7.90. The molecule has 0 aliphatic heterocycles. The minimum Gasteiger partial charge on any atom is -0.488 e. The SMILES string of the molecule is COC(=O)NS(=O)(=O)c1ccc(OC(C)(C)C)cc1. The fourth-order valence-corrected chi connectivity index (χ4v) is 2.17. The fourth-order valence-electron chi connectivity index (χ4n) is 1.25. The van der Waals surface area contributed by atoms with Gasteiger partial charge in [-0.3, -0.25) is 0 Å². The Bertz CT molecular complexity index is 542. The van der Waals surface area contributed by atoms with Crippen LogP contribution in [-0.2, 0) is 14.8 Å². The minimum atomic E-state index is -3.91. The summed E-state index contributed by atoms with van der Waals surface area (Å²) in [4.78, 5) is 10.9. The van der Waals surface area contributed by atoms with Crippen LogP contribution in [-0.4, -0.2) is 27.2 Å². The van der Waals surface area contributed by atoms with Gasteiger partial charge in [0, 0.05) is 0 Å². The van der Waals surface area contributed by atoms with E-state index in [0.29, 0.717) is 5.75 Å². The van der Waals surface area contributed by atoms with E-state index in [1.54, 1.807) is 4.72 Å². The average molecular weight is 287 g/mol. The Kier molecular flexibility index (Phi) is 4.41. The van der Waals surface area contributed by atoms with Crippen LogP contribution in [0.15, 0.2) is 29.2 Å². The van der Waals surface area contributed by atoms with Crippen LogP contribution in [0, 0.1) is 0 Å². The van der Waals surface area contributed by atoms with Gasteiger partial charge in [0.15, 0.2) is 0 Å². The maximum atomic E-state index is 11.7. The Balaban J connectivity index is 2.90. The van der Waals surface area contributed by atoms with Crippen molar-refractivity contribution in [2.45, 2.75) is 31.3 Å². The summed E-state index contributed by atoms with van der Waals surface area (Å²) in [5, 5.41) is 0. The summed E-state index contributed by atoms with van der Waals surface area (Å²) < 4.78 is 35.1. The van der Waals surface area contributed by atoms with Crippen molar-refractivity contribution in [1.82, 2.24) is 4.72 Å². The van der Waals surface area contributed by atoms with Gasteiger partial charge in [-0.25, -0.2) is 17.9 Å². The third-order valence-electron chi connectivity index (χ3n) is 1.96. The molecule has 0 aliphatic carbocycles. The first kappa shape index (κ1) is 15.3. The van der Waals surface area contributed by atoms with Crippen molar-refractivity contribution in [1.29, 1.82) is 0 Å². The zero-order chi connectivity index (χ0) is 14.7. The summed E-state index contributed by atoms with van der Waals surface area (Å²) in [7, 11) is -2.82. The van der Waals surface area contributed by atoms with E-state index in [9.17, 15) is 13.2 Å². The first-order valence-corrected chi connectivity index (χ1v) is 7.02. The van der Waals surface area contributed by atoms with Crippen LogP contribution in [0.2, 0.25) is 0 Å². The number of nitrogens with one attached hydrogen (secondary N) is 1. The summed E-state index contributed by atoms with van der Waals surface area (Å²) in [6.45, 7) is 5.66. The fraction of sp³-hybridized carbons (Fsp3) is 0.417. The average Bonchev–Trinajstić information content (AvgIpc) is 2.26. The second-order valence-electron chi connectivity index (χ2n) is 4.78. The number of rotatable bonds is 3. The molecule has 0 aromatic heterocycles. The van der Waals surface area contributed by atoms with E-state index < -0.39 is 16.1 Å². The van der Waals surface area contributed by atoms with Crippen LogP contribution in [0.5, 0.6) is 5.75 Å². The van der Waals surface area contributed by atoms with E-state index in [-0.39, 0.29) is 10.5 Å². The maximum Gasteiger partial charge on any atom is 0.420 e. The topological polar surface area (TPSA) is 81.7 Å². The molecule has 1 N–H and O–H groups in total. The molecule has 19 heavy (non-hydrogen) atoms. The molecule has 0 spiro atoms. The molecule has 1 aromatic carbocycles. The monoisotopic (exact) mass is 287 g/mol. The quantitative estimate of drug-likeness (QED) is 0.918. The number of carbonyl (C=O) groups is 1. The van der Waals surface area contributed by atoms with Gasteiger partial charge in [0.2, 0.25) is 0 Å². The number of hydrogen-bond acceptors (Lipinski definition) is 5. The van der Waals surface area contributed by atoms with Gasteiger partial charge in [-0.1, -0.05) is 0 Å². The van der Waals surface area contributed by atoms with Gasteiger partial charge >= 0.3 is 6.09 Å². The van der Waals surface area contributed by atoms with Crippen LogP contribution in [0.3, 0.4) is 0 Å². The van der Waals surface area contributed by atoms with E-state index >= 15 is 0 Å². The van der Waals surface area contributed by atoms with Crippen molar-refractivity contribution in [3.05, 3.63) is 24.3 Å². The van der Waals surface area contributed by atoms with Gasteiger partial charge in [0.05, 0.1) is 12.0 Å². The highest BCUT2D eigenvalue weighted by atomic mass is 32.2. The highest BCUT2D eigenvalue weighted by Gasteiger charge is 2.18. The molecule has 0 heterocycles. The number of amides is 1. The molecule has 106 valence electrons. The van der Waals surface area contributed by atoms with Gasteiger partial charge in [-0.05, 0) is 45.0 Å². The Morgan fingerprint density at radius 3 is 2.11 bits per heavy atom.